The van der Waals surface area contributed by atoms with Gasteiger partial charge in [-0.1, -0.05) is 13.8 Å². The molecule has 1 rings (SSSR count). The topological polar surface area (TPSA) is 82.0 Å². The molecule has 0 fully saturated rings. The Balaban J connectivity index is 3.03. The Morgan fingerprint density at radius 1 is 1.69 bits per heavy atom. The van der Waals surface area contributed by atoms with Crippen LogP contribution in [0.5, 0.6) is 0 Å². The molecule has 2 unspecified atom stereocenters. The molecule has 0 bridgehead atoms. The quantitative estimate of drug-likeness (QED) is 0.682. The van der Waals surface area contributed by atoms with E-state index in [0.29, 0.717) is 4.47 Å². The van der Waals surface area contributed by atoms with Gasteiger partial charge >= 0.3 is 0 Å². The lowest BCUT2D eigenvalue weighted by molar-refractivity contribution is -0.385. The number of nitrogens with zero attached hydrogens (tertiary/aromatic N) is 2. The zero-order valence-corrected chi connectivity index (χ0v) is 10.8. The Morgan fingerprint density at radius 3 is 2.75 bits per heavy atom. The summed E-state index contributed by atoms with van der Waals surface area (Å²) in [5.74, 6) is 0.0696. The molecule has 0 spiro atoms. The van der Waals surface area contributed by atoms with Crippen LogP contribution in [0.1, 0.15) is 31.9 Å². The number of rotatable bonds is 4. The molecule has 16 heavy (non-hydrogen) atoms. The Hall–Kier alpha value is -1.01. The third-order valence-electron chi connectivity index (χ3n) is 2.61. The van der Waals surface area contributed by atoms with Crippen molar-refractivity contribution in [2.24, 2.45) is 5.73 Å². The van der Waals surface area contributed by atoms with E-state index in [1.165, 1.54) is 12.3 Å². The molecular formula is C10H14BrN3O2. The van der Waals surface area contributed by atoms with E-state index < -0.39 is 4.92 Å². The van der Waals surface area contributed by atoms with Gasteiger partial charge in [-0.2, -0.15) is 0 Å². The van der Waals surface area contributed by atoms with Crippen molar-refractivity contribution in [2.75, 3.05) is 0 Å². The first-order chi connectivity index (χ1) is 7.47. The maximum Gasteiger partial charge on any atom is 0.288 e. The molecule has 0 amide bonds. The van der Waals surface area contributed by atoms with E-state index in [2.05, 4.69) is 20.9 Å². The molecule has 2 atom stereocenters. The van der Waals surface area contributed by atoms with Crippen LogP contribution in [0.3, 0.4) is 0 Å². The first-order valence-electron chi connectivity index (χ1n) is 5.02. The lowest BCUT2D eigenvalue weighted by Gasteiger charge is -2.18. The van der Waals surface area contributed by atoms with E-state index in [4.69, 9.17) is 5.73 Å². The minimum Gasteiger partial charge on any atom is -0.327 e. The van der Waals surface area contributed by atoms with Crippen molar-refractivity contribution in [3.05, 3.63) is 32.5 Å². The minimum absolute atomic E-state index is 0.00487. The first kappa shape index (κ1) is 13.1. The van der Waals surface area contributed by atoms with Crippen molar-refractivity contribution in [3.8, 4) is 0 Å². The van der Waals surface area contributed by atoms with Crippen LogP contribution < -0.4 is 5.73 Å². The lowest BCUT2D eigenvalue weighted by atomic mass is 9.96. The van der Waals surface area contributed by atoms with Gasteiger partial charge in [-0.3, -0.25) is 15.1 Å². The molecule has 2 N–H and O–H groups in total. The predicted octanol–water partition coefficient (Wildman–Crippen LogP) is 2.59. The molecule has 0 aliphatic heterocycles. The molecule has 0 aromatic carbocycles. The molecule has 1 heterocycles. The number of hydrogen-bond acceptors (Lipinski definition) is 4. The molecular weight excluding hydrogens is 274 g/mol. The molecule has 0 aliphatic rings. The molecule has 0 aliphatic carbocycles. The summed E-state index contributed by atoms with van der Waals surface area (Å²) in [5.41, 5.74) is 6.66. The maximum atomic E-state index is 10.5. The summed E-state index contributed by atoms with van der Waals surface area (Å²) in [7, 11) is 0. The third-order valence-corrected chi connectivity index (χ3v) is 3.25. The third kappa shape index (κ3) is 2.76. The van der Waals surface area contributed by atoms with E-state index in [0.717, 1.165) is 12.1 Å². The van der Waals surface area contributed by atoms with Gasteiger partial charge in [0, 0.05) is 22.5 Å². The summed E-state index contributed by atoms with van der Waals surface area (Å²) in [6, 6.07) is 1.46. The van der Waals surface area contributed by atoms with Crippen LogP contribution in [-0.2, 0) is 0 Å². The van der Waals surface area contributed by atoms with Crippen molar-refractivity contribution in [1.82, 2.24) is 4.98 Å². The highest BCUT2D eigenvalue weighted by atomic mass is 79.9. The average Bonchev–Trinajstić information content (AvgIpc) is 2.26. The Kier molecular flexibility index (Phi) is 4.37. The van der Waals surface area contributed by atoms with Gasteiger partial charge < -0.3 is 5.73 Å². The van der Waals surface area contributed by atoms with Crippen molar-refractivity contribution >= 4 is 21.6 Å². The van der Waals surface area contributed by atoms with Gasteiger partial charge in [-0.15, -0.1) is 0 Å². The lowest BCUT2D eigenvalue weighted by Crippen LogP contribution is -2.26. The Morgan fingerprint density at radius 2 is 2.31 bits per heavy atom. The molecule has 1 aromatic heterocycles. The van der Waals surface area contributed by atoms with Gasteiger partial charge in [0.2, 0.25) is 0 Å². The summed E-state index contributed by atoms with van der Waals surface area (Å²) in [6.45, 7) is 3.97. The van der Waals surface area contributed by atoms with Crippen LogP contribution >= 0.6 is 15.9 Å². The zero-order valence-electron chi connectivity index (χ0n) is 9.18. The molecule has 0 saturated heterocycles. The second-order valence-corrected chi connectivity index (χ2v) is 4.53. The number of nitro groups is 1. The number of nitrogens with two attached hydrogens (primary N) is 1. The van der Waals surface area contributed by atoms with Gasteiger partial charge in [0.25, 0.3) is 5.69 Å². The molecule has 0 saturated carbocycles. The number of halogens is 1. The van der Waals surface area contributed by atoms with Crippen LogP contribution in [0, 0.1) is 10.1 Å². The van der Waals surface area contributed by atoms with E-state index in [1.807, 2.05) is 13.8 Å². The highest BCUT2D eigenvalue weighted by Crippen LogP contribution is 2.28. The van der Waals surface area contributed by atoms with Crippen LogP contribution in [0.2, 0.25) is 0 Å². The summed E-state index contributed by atoms with van der Waals surface area (Å²) in [6.07, 6.45) is 2.10. The van der Waals surface area contributed by atoms with Crippen LogP contribution in [0.15, 0.2) is 16.7 Å². The molecule has 0 radical (unpaired) electrons. The number of aromatic nitrogens is 1. The van der Waals surface area contributed by atoms with Gasteiger partial charge in [0.1, 0.15) is 6.20 Å². The van der Waals surface area contributed by atoms with E-state index >= 15 is 0 Å². The summed E-state index contributed by atoms with van der Waals surface area (Å²) in [4.78, 5) is 14.2. The van der Waals surface area contributed by atoms with Gasteiger partial charge in [0.05, 0.1) is 10.6 Å². The number of pyridine rings is 1. The van der Waals surface area contributed by atoms with Crippen molar-refractivity contribution < 1.29 is 4.92 Å². The minimum atomic E-state index is -0.466. The zero-order chi connectivity index (χ0) is 12.3. The molecule has 6 heteroatoms. The van der Waals surface area contributed by atoms with Crippen LogP contribution in [0.4, 0.5) is 5.69 Å². The fourth-order valence-corrected chi connectivity index (χ4v) is 2.13. The largest absolute Gasteiger partial charge is 0.327 e. The SMILES string of the molecule is CCC(N)C(C)c1ncc([N+](=O)[O-])cc1Br. The maximum absolute atomic E-state index is 10.5. The molecule has 5 nitrogen and oxygen atoms in total. The highest BCUT2D eigenvalue weighted by Gasteiger charge is 2.19. The summed E-state index contributed by atoms with van der Waals surface area (Å²) in [5, 5.41) is 10.5. The fourth-order valence-electron chi connectivity index (χ4n) is 1.43. The van der Waals surface area contributed by atoms with Crippen molar-refractivity contribution in [3.63, 3.8) is 0 Å². The summed E-state index contributed by atoms with van der Waals surface area (Å²) >= 11 is 3.29. The van der Waals surface area contributed by atoms with Crippen molar-refractivity contribution in [2.45, 2.75) is 32.2 Å². The standard InChI is InChI=1S/C10H14BrN3O2/c1-3-9(12)6(2)10-8(11)4-7(5-13-10)14(15)16/h4-6,9H,3,12H2,1-2H3. The van der Waals surface area contributed by atoms with Crippen LogP contribution in [0.25, 0.3) is 0 Å². The van der Waals surface area contributed by atoms with Crippen molar-refractivity contribution in [1.29, 1.82) is 0 Å². The Bertz CT molecular complexity index is 398. The first-order valence-corrected chi connectivity index (χ1v) is 5.82. The second kappa shape index (κ2) is 5.36. The van der Waals surface area contributed by atoms with E-state index in [1.54, 1.807) is 0 Å². The second-order valence-electron chi connectivity index (χ2n) is 3.68. The van der Waals surface area contributed by atoms with Gasteiger partial charge in [0.15, 0.2) is 0 Å². The molecule has 88 valence electrons. The average molecular weight is 288 g/mol. The van der Waals surface area contributed by atoms with Crippen LogP contribution in [-0.4, -0.2) is 15.9 Å². The van der Waals surface area contributed by atoms with E-state index in [-0.39, 0.29) is 17.6 Å². The van der Waals surface area contributed by atoms with Gasteiger partial charge in [-0.25, -0.2) is 0 Å². The normalized spacial score (nSPS) is 14.5. The van der Waals surface area contributed by atoms with Gasteiger partial charge in [-0.05, 0) is 22.4 Å². The molecule has 1 aromatic rings. The van der Waals surface area contributed by atoms with E-state index in [9.17, 15) is 10.1 Å². The summed E-state index contributed by atoms with van der Waals surface area (Å²) < 4.78 is 0.637. The predicted molar refractivity (Wildman–Crippen MR) is 65.3 cm³/mol. The highest BCUT2D eigenvalue weighted by molar-refractivity contribution is 9.10. The fraction of sp³-hybridized carbons (Fsp3) is 0.500. The smallest absolute Gasteiger partial charge is 0.288 e. The number of hydrogen-bond donors (Lipinski definition) is 1. The monoisotopic (exact) mass is 287 g/mol. The Labute approximate surface area is 102 Å².